The summed E-state index contributed by atoms with van der Waals surface area (Å²) in [6.45, 7) is 0.887. The van der Waals surface area contributed by atoms with Crippen molar-refractivity contribution in [3.63, 3.8) is 0 Å². The van der Waals surface area contributed by atoms with Gasteiger partial charge in [0.15, 0.2) is 0 Å². The fourth-order valence-corrected chi connectivity index (χ4v) is 3.03. The average molecular weight is 325 g/mol. The zero-order valence-electron chi connectivity index (χ0n) is 12.6. The third-order valence-corrected chi connectivity index (χ3v) is 4.59. The standard InChI is InChI=1S/C16H21ClN2O3/c1-19(9-14(20)10-5-6-10)16(21)18-13-7-8-22-15-11(13)3-2-4-12(15)17/h2-4,10,13-14,20H,5-9H2,1H3,(H,18,21). The molecule has 1 aliphatic carbocycles. The van der Waals surface area contributed by atoms with E-state index in [4.69, 9.17) is 16.3 Å². The average Bonchev–Trinajstić information content (AvgIpc) is 3.33. The summed E-state index contributed by atoms with van der Waals surface area (Å²) >= 11 is 6.14. The number of halogens is 1. The van der Waals surface area contributed by atoms with Crippen LogP contribution in [0.1, 0.15) is 30.9 Å². The van der Waals surface area contributed by atoms with E-state index in [-0.39, 0.29) is 12.1 Å². The summed E-state index contributed by atoms with van der Waals surface area (Å²) in [5, 5.41) is 13.5. The lowest BCUT2D eigenvalue weighted by Gasteiger charge is -2.29. The van der Waals surface area contributed by atoms with Gasteiger partial charge in [0.05, 0.1) is 23.8 Å². The first-order valence-corrected chi connectivity index (χ1v) is 8.05. The number of urea groups is 1. The first-order chi connectivity index (χ1) is 10.6. The van der Waals surface area contributed by atoms with Crippen molar-refractivity contribution in [2.75, 3.05) is 20.2 Å². The minimum atomic E-state index is -0.424. The van der Waals surface area contributed by atoms with E-state index in [1.165, 1.54) is 0 Å². The molecule has 2 aliphatic rings. The maximum atomic E-state index is 12.3. The summed E-state index contributed by atoms with van der Waals surface area (Å²) in [6.07, 6.45) is 2.40. The van der Waals surface area contributed by atoms with Crippen LogP contribution in [0.15, 0.2) is 18.2 Å². The highest BCUT2D eigenvalue weighted by Gasteiger charge is 2.32. The molecule has 1 aromatic rings. The normalized spacial score (nSPS) is 21.5. The molecule has 2 unspecified atom stereocenters. The van der Waals surface area contributed by atoms with Gasteiger partial charge in [-0.1, -0.05) is 23.7 Å². The number of carbonyl (C=O) groups excluding carboxylic acids is 1. The topological polar surface area (TPSA) is 61.8 Å². The molecule has 120 valence electrons. The summed E-state index contributed by atoms with van der Waals surface area (Å²) in [6, 6.07) is 5.26. The summed E-state index contributed by atoms with van der Waals surface area (Å²) in [4.78, 5) is 13.9. The lowest BCUT2D eigenvalue weighted by molar-refractivity contribution is 0.111. The molecule has 2 amide bonds. The molecule has 1 fully saturated rings. The van der Waals surface area contributed by atoms with Gasteiger partial charge >= 0.3 is 6.03 Å². The van der Waals surface area contributed by atoms with E-state index >= 15 is 0 Å². The number of aliphatic hydroxyl groups is 1. The van der Waals surface area contributed by atoms with Crippen LogP contribution in [0.2, 0.25) is 5.02 Å². The zero-order valence-corrected chi connectivity index (χ0v) is 13.3. The number of likely N-dealkylation sites (N-methyl/N-ethyl adjacent to an activating group) is 1. The molecule has 0 radical (unpaired) electrons. The molecule has 5 nitrogen and oxygen atoms in total. The highest BCUT2D eigenvalue weighted by atomic mass is 35.5. The number of nitrogens with zero attached hydrogens (tertiary/aromatic N) is 1. The molecule has 6 heteroatoms. The van der Waals surface area contributed by atoms with E-state index in [0.29, 0.717) is 36.3 Å². The van der Waals surface area contributed by atoms with Gasteiger partial charge in [-0.05, 0) is 24.8 Å². The molecule has 0 aromatic heterocycles. The van der Waals surface area contributed by atoms with Crippen LogP contribution in [0.3, 0.4) is 0 Å². The van der Waals surface area contributed by atoms with E-state index in [9.17, 15) is 9.90 Å². The van der Waals surface area contributed by atoms with Gasteiger partial charge in [-0.25, -0.2) is 4.79 Å². The Morgan fingerprint density at radius 2 is 2.27 bits per heavy atom. The lowest BCUT2D eigenvalue weighted by atomic mass is 10.0. The summed E-state index contributed by atoms with van der Waals surface area (Å²) in [7, 11) is 1.71. The van der Waals surface area contributed by atoms with E-state index in [1.807, 2.05) is 12.1 Å². The predicted molar refractivity (Wildman–Crippen MR) is 84.2 cm³/mol. The number of aliphatic hydroxyl groups excluding tert-OH is 1. The SMILES string of the molecule is CN(CC(O)C1CC1)C(=O)NC1CCOc2c(Cl)cccc21. The number of benzene rings is 1. The van der Waals surface area contributed by atoms with Crippen LogP contribution in [0, 0.1) is 5.92 Å². The second-order valence-corrected chi connectivity index (χ2v) is 6.49. The molecular weight excluding hydrogens is 304 g/mol. The van der Waals surface area contributed by atoms with Gasteiger partial charge in [-0.2, -0.15) is 0 Å². The molecule has 1 aromatic carbocycles. The number of carbonyl (C=O) groups is 1. The molecule has 2 atom stereocenters. The van der Waals surface area contributed by atoms with E-state index in [0.717, 1.165) is 18.4 Å². The maximum Gasteiger partial charge on any atom is 0.317 e. The molecule has 1 saturated carbocycles. The molecule has 22 heavy (non-hydrogen) atoms. The summed E-state index contributed by atoms with van der Waals surface area (Å²) in [5.74, 6) is 1.01. The number of fused-ring (bicyclic) bond motifs is 1. The summed E-state index contributed by atoms with van der Waals surface area (Å²) < 4.78 is 5.59. The van der Waals surface area contributed by atoms with Gasteiger partial charge in [-0.3, -0.25) is 0 Å². The van der Waals surface area contributed by atoms with Crippen LogP contribution in [-0.4, -0.2) is 42.3 Å². The van der Waals surface area contributed by atoms with Gasteiger partial charge in [0, 0.05) is 25.6 Å². The van der Waals surface area contributed by atoms with E-state index in [2.05, 4.69) is 5.32 Å². The van der Waals surface area contributed by atoms with Crippen LogP contribution in [-0.2, 0) is 0 Å². The van der Waals surface area contributed by atoms with Gasteiger partial charge in [0.2, 0.25) is 0 Å². The molecular formula is C16H21ClN2O3. The molecule has 2 N–H and O–H groups in total. The maximum absolute atomic E-state index is 12.3. The van der Waals surface area contributed by atoms with Crippen LogP contribution in [0.25, 0.3) is 0 Å². The molecule has 1 heterocycles. The third-order valence-electron chi connectivity index (χ3n) is 4.30. The Kier molecular flexibility index (Phi) is 4.45. The number of ether oxygens (including phenoxy) is 1. The van der Waals surface area contributed by atoms with Crippen molar-refractivity contribution < 1.29 is 14.6 Å². The fraction of sp³-hybridized carbons (Fsp3) is 0.562. The van der Waals surface area contributed by atoms with Gasteiger partial charge in [0.1, 0.15) is 5.75 Å². The second-order valence-electron chi connectivity index (χ2n) is 6.08. The van der Waals surface area contributed by atoms with E-state index in [1.54, 1.807) is 18.0 Å². The number of para-hydroxylation sites is 1. The fourth-order valence-electron chi connectivity index (χ4n) is 2.79. The van der Waals surface area contributed by atoms with Gasteiger partial charge in [-0.15, -0.1) is 0 Å². The summed E-state index contributed by atoms with van der Waals surface area (Å²) in [5.41, 5.74) is 0.906. The monoisotopic (exact) mass is 324 g/mol. The number of hydrogen-bond donors (Lipinski definition) is 2. The number of nitrogens with one attached hydrogen (secondary N) is 1. The van der Waals surface area contributed by atoms with Crippen molar-refractivity contribution in [3.8, 4) is 5.75 Å². The Labute approximate surface area is 135 Å². The molecule has 0 bridgehead atoms. The van der Waals surface area contributed by atoms with Crippen molar-refractivity contribution in [1.29, 1.82) is 0 Å². The lowest BCUT2D eigenvalue weighted by Crippen LogP contribution is -2.44. The third kappa shape index (κ3) is 3.31. The predicted octanol–water partition coefficient (Wildman–Crippen LogP) is 2.58. The quantitative estimate of drug-likeness (QED) is 0.895. The zero-order chi connectivity index (χ0) is 15.7. The largest absolute Gasteiger partial charge is 0.492 e. The highest BCUT2D eigenvalue weighted by molar-refractivity contribution is 6.32. The van der Waals surface area contributed by atoms with Crippen LogP contribution in [0.4, 0.5) is 4.79 Å². The Morgan fingerprint density at radius 3 is 3.00 bits per heavy atom. The molecule has 3 rings (SSSR count). The Balaban J connectivity index is 1.63. The molecule has 1 aliphatic heterocycles. The minimum Gasteiger partial charge on any atom is -0.492 e. The first-order valence-electron chi connectivity index (χ1n) is 7.67. The van der Waals surface area contributed by atoms with Gasteiger partial charge in [0.25, 0.3) is 0 Å². The number of rotatable bonds is 4. The molecule has 0 spiro atoms. The first kappa shape index (κ1) is 15.4. The second kappa shape index (κ2) is 6.34. The Morgan fingerprint density at radius 1 is 1.50 bits per heavy atom. The van der Waals surface area contributed by atoms with Crippen LogP contribution >= 0.6 is 11.6 Å². The van der Waals surface area contributed by atoms with Gasteiger partial charge < -0.3 is 20.1 Å². The van der Waals surface area contributed by atoms with Crippen molar-refractivity contribution in [1.82, 2.24) is 10.2 Å². The van der Waals surface area contributed by atoms with Crippen molar-refractivity contribution in [2.24, 2.45) is 5.92 Å². The Bertz CT molecular complexity index is 562. The van der Waals surface area contributed by atoms with Crippen molar-refractivity contribution in [2.45, 2.75) is 31.4 Å². The van der Waals surface area contributed by atoms with E-state index < -0.39 is 6.10 Å². The van der Waals surface area contributed by atoms with Crippen molar-refractivity contribution in [3.05, 3.63) is 28.8 Å². The minimum absolute atomic E-state index is 0.115. The van der Waals surface area contributed by atoms with Crippen LogP contribution in [0.5, 0.6) is 5.75 Å². The molecule has 0 saturated heterocycles. The van der Waals surface area contributed by atoms with Crippen molar-refractivity contribution >= 4 is 17.6 Å². The Hall–Kier alpha value is -1.46. The number of amides is 2. The highest BCUT2D eigenvalue weighted by Crippen LogP contribution is 2.37. The van der Waals surface area contributed by atoms with Crippen LogP contribution < -0.4 is 10.1 Å². The number of hydrogen-bond acceptors (Lipinski definition) is 3. The smallest absolute Gasteiger partial charge is 0.317 e.